The van der Waals surface area contributed by atoms with Crippen LogP contribution in [-0.2, 0) is 16.0 Å². The Kier molecular flexibility index (Phi) is 3.92. The van der Waals surface area contributed by atoms with E-state index in [0.717, 1.165) is 23.1 Å². The highest BCUT2D eigenvalue weighted by Crippen LogP contribution is 2.26. The van der Waals surface area contributed by atoms with E-state index in [0.29, 0.717) is 24.5 Å². The summed E-state index contributed by atoms with van der Waals surface area (Å²) in [6.07, 6.45) is 2.38. The fraction of sp³-hybridized carbons (Fsp3) is 0.211. The van der Waals surface area contributed by atoms with Gasteiger partial charge in [0.25, 0.3) is 0 Å². The number of ether oxygens (including phenoxy) is 2. The van der Waals surface area contributed by atoms with Crippen LogP contribution in [0.15, 0.2) is 54.7 Å². The Morgan fingerprint density at radius 2 is 2.08 bits per heavy atom. The van der Waals surface area contributed by atoms with Crippen molar-refractivity contribution in [3.05, 3.63) is 60.3 Å². The number of epoxide rings is 1. The largest absolute Gasteiger partial charge is 0.489 e. The second-order valence-electron chi connectivity index (χ2n) is 5.84. The fourth-order valence-electron chi connectivity index (χ4n) is 2.71. The van der Waals surface area contributed by atoms with Gasteiger partial charge in [-0.1, -0.05) is 24.3 Å². The lowest BCUT2D eigenvalue weighted by molar-refractivity contribution is -0.115. The van der Waals surface area contributed by atoms with E-state index in [2.05, 4.69) is 10.3 Å². The first-order valence-corrected chi connectivity index (χ1v) is 7.98. The summed E-state index contributed by atoms with van der Waals surface area (Å²) in [6, 6.07) is 15.4. The van der Waals surface area contributed by atoms with Crippen molar-refractivity contribution in [3.8, 4) is 5.75 Å². The van der Waals surface area contributed by atoms with Crippen LogP contribution in [-0.4, -0.2) is 30.2 Å². The molecule has 0 saturated carbocycles. The molecule has 1 atom stereocenters. The molecule has 122 valence electrons. The van der Waals surface area contributed by atoms with Gasteiger partial charge >= 0.3 is 0 Å². The van der Waals surface area contributed by atoms with Crippen molar-refractivity contribution in [3.63, 3.8) is 0 Å². The molecule has 2 N–H and O–H groups in total. The van der Waals surface area contributed by atoms with Crippen molar-refractivity contribution in [1.29, 1.82) is 0 Å². The average molecular weight is 322 g/mol. The quantitative estimate of drug-likeness (QED) is 0.685. The number of fused-ring (bicyclic) bond motifs is 1. The van der Waals surface area contributed by atoms with Crippen molar-refractivity contribution in [2.45, 2.75) is 12.5 Å². The zero-order valence-electron chi connectivity index (χ0n) is 13.1. The maximum absolute atomic E-state index is 12.4. The van der Waals surface area contributed by atoms with Gasteiger partial charge in [-0.2, -0.15) is 0 Å². The first-order chi connectivity index (χ1) is 11.8. The number of carbonyl (C=O) groups excluding carboxylic acids is 1. The third-order valence-corrected chi connectivity index (χ3v) is 4.02. The fourth-order valence-corrected chi connectivity index (χ4v) is 2.71. The molecule has 0 bridgehead atoms. The van der Waals surface area contributed by atoms with Gasteiger partial charge in [-0.25, -0.2) is 0 Å². The Morgan fingerprint density at radius 3 is 2.96 bits per heavy atom. The van der Waals surface area contributed by atoms with Gasteiger partial charge in [0.2, 0.25) is 5.91 Å². The number of rotatable bonds is 6. The highest BCUT2D eigenvalue weighted by atomic mass is 16.6. The molecule has 1 aliphatic heterocycles. The molecule has 2 aromatic carbocycles. The molecule has 3 aromatic rings. The first kappa shape index (κ1) is 14.8. The van der Waals surface area contributed by atoms with Crippen molar-refractivity contribution in [2.24, 2.45) is 0 Å². The molecule has 0 spiro atoms. The number of aromatic amines is 1. The summed E-state index contributed by atoms with van der Waals surface area (Å²) < 4.78 is 10.9. The van der Waals surface area contributed by atoms with Crippen LogP contribution in [0.5, 0.6) is 5.75 Å². The van der Waals surface area contributed by atoms with Crippen LogP contribution in [0, 0.1) is 0 Å². The average Bonchev–Trinajstić information content (AvgIpc) is 3.29. The maximum Gasteiger partial charge on any atom is 0.228 e. The topological polar surface area (TPSA) is 66.7 Å². The van der Waals surface area contributed by atoms with Crippen LogP contribution >= 0.6 is 0 Å². The van der Waals surface area contributed by atoms with E-state index >= 15 is 0 Å². The molecule has 1 saturated heterocycles. The van der Waals surface area contributed by atoms with E-state index in [1.807, 2.05) is 54.7 Å². The van der Waals surface area contributed by atoms with Gasteiger partial charge in [0.1, 0.15) is 18.5 Å². The summed E-state index contributed by atoms with van der Waals surface area (Å²) in [5.41, 5.74) is 2.72. The Morgan fingerprint density at radius 1 is 1.21 bits per heavy atom. The maximum atomic E-state index is 12.4. The van der Waals surface area contributed by atoms with Crippen LogP contribution < -0.4 is 10.1 Å². The highest BCUT2D eigenvalue weighted by molar-refractivity contribution is 5.96. The number of H-pyrrole nitrogens is 1. The molecular weight excluding hydrogens is 304 g/mol. The van der Waals surface area contributed by atoms with Gasteiger partial charge < -0.3 is 19.8 Å². The molecule has 2 heterocycles. The monoisotopic (exact) mass is 322 g/mol. The summed E-state index contributed by atoms with van der Waals surface area (Å²) >= 11 is 0. The van der Waals surface area contributed by atoms with Gasteiger partial charge in [0, 0.05) is 17.1 Å². The molecule has 1 aromatic heterocycles. The zero-order chi connectivity index (χ0) is 16.4. The number of benzene rings is 2. The van der Waals surface area contributed by atoms with E-state index in [1.165, 1.54) is 0 Å². The van der Waals surface area contributed by atoms with Crippen molar-refractivity contribution < 1.29 is 14.3 Å². The van der Waals surface area contributed by atoms with Gasteiger partial charge in [-0.3, -0.25) is 4.79 Å². The second kappa shape index (κ2) is 6.37. The minimum absolute atomic E-state index is 0.0672. The van der Waals surface area contributed by atoms with E-state index in [9.17, 15) is 4.79 Å². The molecular formula is C19H18N2O3. The van der Waals surface area contributed by atoms with Crippen LogP contribution in [0.3, 0.4) is 0 Å². The SMILES string of the molecule is O=C(Cc1cccc2[nH]ccc12)Nc1ccccc1OCC1CO1. The Hall–Kier alpha value is -2.79. The number of hydrogen-bond donors (Lipinski definition) is 2. The van der Waals surface area contributed by atoms with Crippen LogP contribution in [0.2, 0.25) is 0 Å². The van der Waals surface area contributed by atoms with E-state index in [1.54, 1.807) is 0 Å². The van der Waals surface area contributed by atoms with Gasteiger partial charge in [-0.05, 0) is 29.8 Å². The smallest absolute Gasteiger partial charge is 0.228 e. The first-order valence-electron chi connectivity index (χ1n) is 7.98. The Balaban J connectivity index is 1.47. The minimum Gasteiger partial charge on any atom is -0.489 e. The normalized spacial score (nSPS) is 16.1. The molecule has 1 fully saturated rings. The molecule has 0 radical (unpaired) electrons. The minimum atomic E-state index is -0.0672. The molecule has 24 heavy (non-hydrogen) atoms. The standard InChI is InChI=1S/C19H18N2O3/c22-19(10-13-4-3-6-16-15(13)8-9-20-16)21-17-5-1-2-7-18(17)24-12-14-11-23-14/h1-9,14,20H,10-12H2,(H,21,22). The molecule has 0 aliphatic carbocycles. The van der Waals surface area contributed by atoms with Gasteiger partial charge in [-0.15, -0.1) is 0 Å². The number of hydrogen-bond acceptors (Lipinski definition) is 3. The molecule has 5 nitrogen and oxygen atoms in total. The lowest BCUT2D eigenvalue weighted by Gasteiger charge is -2.12. The van der Waals surface area contributed by atoms with Gasteiger partial charge in [0.15, 0.2) is 0 Å². The third kappa shape index (κ3) is 3.26. The summed E-state index contributed by atoms with van der Waals surface area (Å²) in [4.78, 5) is 15.6. The lowest BCUT2D eigenvalue weighted by atomic mass is 10.1. The summed E-state index contributed by atoms with van der Waals surface area (Å²) in [5, 5.41) is 4.02. The Bertz CT molecular complexity index is 868. The molecule has 5 heteroatoms. The number of para-hydroxylation sites is 2. The van der Waals surface area contributed by atoms with Crippen LogP contribution in [0.1, 0.15) is 5.56 Å². The predicted molar refractivity (Wildman–Crippen MR) is 92.3 cm³/mol. The van der Waals surface area contributed by atoms with Gasteiger partial charge in [0.05, 0.1) is 18.7 Å². The predicted octanol–water partition coefficient (Wildman–Crippen LogP) is 3.13. The highest BCUT2D eigenvalue weighted by Gasteiger charge is 2.23. The van der Waals surface area contributed by atoms with E-state index in [4.69, 9.17) is 9.47 Å². The van der Waals surface area contributed by atoms with E-state index in [-0.39, 0.29) is 12.0 Å². The third-order valence-electron chi connectivity index (χ3n) is 4.02. The van der Waals surface area contributed by atoms with E-state index < -0.39 is 0 Å². The molecule has 1 unspecified atom stereocenters. The number of nitrogens with one attached hydrogen (secondary N) is 2. The van der Waals surface area contributed by atoms with Crippen LogP contribution in [0.25, 0.3) is 10.9 Å². The van der Waals surface area contributed by atoms with Crippen LogP contribution in [0.4, 0.5) is 5.69 Å². The molecule has 1 aliphatic rings. The lowest BCUT2D eigenvalue weighted by Crippen LogP contribution is -2.16. The number of aromatic nitrogens is 1. The zero-order valence-corrected chi connectivity index (χ0v) is 13.1. The Labute approximate surface area is 139 Å². The number of amides is 1. The van der Waals surface area contributed by atoms with Crippen molar-refractivity contribution in [1.82, 2.24) is 4.98 Å². The van der Waals surface area contributed by atoms with Crippen molar-refractivity contribution >= 4 is 22.5 Å². The summed E-state index contributed by atoms with van der Waals surface area (Å²) in [6.45, 7) is 1.25. The number of anilines is 1. The molecule has 4 rings (SSSR count). The van der Waals surface area contributed by atoms with Crippen molar-refractivity contribution in [2.75, 3.05) is 18.5 Å². The molecule has 1 amide bonds. The second-order valence-corrected chi connectivity index (χ2v) is 5.84. The number of carbonyl (C=O) groups is 1. The summed E-state index contributed by atoms with van der Waals surface area (Å²) in [5.74, 6) is 0.601. The summed E-state index contributed by atoms with van der Waals surface area (Å²) in [7, 11) is 0.